The van der Waals surface area contributed by atoms with Crippen molar-refractivity contribution in [2.45, 2.75) is 6.92 Å². The van der Waals surface area contributed by atoms with Crippen molar-refractivity contribution < 1.29 is 0 Å². The number of guanidine groups is 1. The molecule has 3 N–H and O–H groups in total. The summed E-state index contributed by atoms with van der Waals surface area (Å²) in [4.78, 5) is 8.48. The molecule has 0 bridgehead atoms. The minimum Gasteiger partial charge on any atom is -0.370 e. The molecule has 19 heavy (non-hydrogen) atoms. The number of nitrogens with two attached hydrogens (primary N) is 1. The second-order valence-corrected chi connectivity index (χ2v) is 4.82. The molecule has 1 aromatic heterocycles. The Bertz CT molecular complexity index is 551. The summed E-state index contributed by atoms with van der Waals surface area (Å²) in [5.41, 5.74) is 7.59. The number of nitrogens with zero attached hydrogens (tertiary/aromatic N) is 2. The van der Waals surface area contributed by atoms with Crippen LogP contribution in [0, 0.1) is 0 Å². The third-order valence-corrected chi connectivity index (χ3v) is 3.22. The zero-order chi connectivity index (χ0) is 13.0. The van der Waals surface area contributed by atoms with E-state index in [1.54, 1.807) is 0 Å². The number of benzene rings is 1. The molecule has 4 nitrogen and oxygen atoms in total. The Kier molecular flexibility index (Phi) is 6.08. The second kappa shape index (κ2) is 7.33. The van der Waals surface area contributed by atoms with E-state index in [1.165, 1.54) is 11.3 Å². The van der Waals surface area contributed by atoms with Crippen molar-refractivity contribution in [2.75, 3.05) is 11.9 Å². The maximum absolute atomic E-state index is 5.85. The van der Waals surface area contributed by atoms with E-state index in [2.05, 4.69) is 15.3 Å². The summed E-state index contributed by atoms with van der Waals surface area (Å²) >= 11 is 7.33. The smallest absolute Gasteiger partial charge is 0.194 e. The molecule has 0 radical (unpaired) electrons. The predicted molar refractivity (Wildman–Crippen MR) is 85.6 cm³/mol. The molecular formula is C12H14Cl2N4S. The first-order valence-corrected chi connectivity index (χ1v) is 6.73. The van der Waals surface area contributed by atoms with Crippen molar-refractivity contribution in [3.63, 3.8) is 0 Å². The molecule has 1 aromatic carbocycles. The van der Waals surface area contributed by atoms with E-state index in [-0.39, 0.29) is 12.4 Å². The van der Waals surface area contributed by atoms with Crippen molar-refractivity contribution in [3.05, 3.63) is 34.7 Å². The van der Waals surface area contributed by atoms with E-state index >= 15 is 0 Å². The van der Waals surface area contributed by atoms with Gasteiger partial charge in [-0.2, -0.15) is 0 Å². The third-order valence-electron chi connectivity index (χ3n) is 2.21. The van der Waals surface area contributed by atoms with Gasteiger partial charge in [-0.1, -0.05) is 23.7 Å². The van der Waals surface area contributed by atoms with Crippen LogP contribution in [-0.4, -0.2) is 17.5 Å². The van der Waals surface area contributed by atoms with Crippen LogP contribution in [-0.2, 0) is 0 Å². The minimum atomic E-state index is 0. The van der Waals surface area contributed by atoms with E-state index in [9.17, 15) is 0 Å². The first-order chi connectivity index (χ1) is 8.69. The molecule has 102 valence electrons. The number of anilines is 1. The van der Waals surface area contributed by atoms with Gasteiger partial charge in [0.1, 0.15) is 0 Å². The van der Waals surface area contributed by atoms with Gasteiger partial charge in [0, 0.05) is 22.5 Å². The van der Waals surface area contributed by atoms with E-state index in [4.69, 9.17) is 17.3 Å². The van der Waals surface area contributed by atoms with Crippen LogP contribution in [0.1, 0.15) is 6.92 Å². The SMILES string of the molecule is CCN=C(N)Nc1nc(-c2ccc(Cl)cc2)cs1.Cl. The molecule has 0 aliphatic carbocycles. The number of aliphatic imine (C=N–C) groups is 1. The van der Waals surface area contributed by atoms with Gasteiger partial charge in [-0.15, -0.1) is 23.7 Å². The summed E-state index contributed by atoms with van der Waals surface area (Å²) < 4.78 is 0. The fraction of sp³-hybridized carbons (Fsp3) is 0.167. The number of hydrogen-bond acceptors (Lipinski definition) is 3. The predicted octanol–water partition coefficient (Wildman–Crippen LogP) is 3.63. The highest BCUT2D eigenvalue weighted by Crippen LogP contribution is 2.25. The first-order valence-electron chi connectivity index (χ1n) is 5.47. The minimum absolute atomic E-state index is 0. The highest BCUT2D eigenvalue weighted by Gasteiger charge is 2.05. The van der Waals surface area contributed by atoms with Crippen molar-refractivity contribution in [1.29, 1.82) is 0 Å². The maximum atomic E-state index is 5.85. The Labute approximate surface area is 127 Å². The number of halogens is 2. The van der Waals surface area contributed by atoms with Crippen LogP contribution in [0.25, 0.3) is 11.3 Å². The molecule has 0 aliphatic heterocycles. The maximum Gasteiger partial charge on any atom is 0.194 e. The van der Waals surface area contributed by atoms with E-state index in [1.807, 2.05) is 36.6 Å². The average molecular weight is 317 g/mol. The standard InChI is InChI=1S/C12H13ClN4S.ClH/c1-2-15-11(14)17-12-16-10(7-18-12)8-3-5-9(13)6-4-8;/h3-7H,2H2,1H3,(H3,14,15,16,17);1H. The fourth-order valence-corrected chi connectivity index (χ4v) is 2.26. The highest BCUT2D eigenvalue weighted by molar-refractivity contribution is 7.14. The summed E-state index contributed by atoms with van der Waals surface area (Å²) in [5, 5.41) is 6.36. The first kappa shape index (κ1) is 15.8. The summed E-state index contributed by atoms with van der Waals surface area (Å²) in [6.45, 7) is 2.57. The van der Waals surface area contributed by atoms with E-state index in [0.717, 1.165) is 16.4 Å². The number of nitrogens with one attached hydrogen (secondary N) is 1. The zero-order valence-electron chi connectivity index (χ0n) is 10.3. The lowest BCUT2D eigenvalue weighted by molar-refractivity contribution is 1.12. The summed E-state index contributed by atoms with van der Waals surface area (Å²) in [7, 11) is 0. The largest absolute Gasteiger partial charge is 0.370 e. The molecule has 7 heteroatoms. The van der Waals surface area contributed by atoms with Crippen molar-refractivity contribution in [3.8, 4) is 11.3 Å². The van der Waals surface area contributed by atoms with Crippen LogP contribution >= 0.6 is 35.3 Å². The van der Waals surface area contributed by atoms with Gasteiger partial charge in [-0.3, -0.25) is 4.99 Å². The van der Waals surface area contributed by atoms with E-state index in [0.29, 0.717) is 17.5 Å². The average Bonchev–Trinajstić information content (AvgIpc) is 2.78. The second-order valence-electron chi connectivity index (χ2n) is 3.53. The molecule has 0 unspecified atom stereocenters. The Hall–Kier alpha value is -1.30. The topological polar surface area (TPSA) is 63.3 Å². The van der Waals surface area contributed by atoms with Gasteiger partial charge in [0.15, 0.2) is 11.1 Å². The molecule has 1 heterocycles. The summed E-state index contributed by atoms with van der Waals surface area (Å²) in [6, 6.07) is 7.56. The van der Waals surface area contributed by atoms with Crippen molar-refractivity contribution in [1.82, 2.24) is 4.98 Å². The molecule has 0 atom stereocenters. The number of aromatic nitrogens is 1. The Balaban J connectivity index is 0.00000180. The molecule has 0 amide bonds. The lowest BCUT2D eigenvalue weighted by Crippen LogP contribution is -2.22. The van der Waals surface area contributed by atoms with Crippen LogP contribution in [0.4, 0.5) is 5.13 Å². The van der Waals surface area contributed by atoms with Gasteiger partial charge in [0.25, 0.3) is 0 Å². The van der Waals surface area contributed by atoms with Crippen LogP contribution in [0.2, 0.25) is 5.02 Å². The monoisotopic (exact) mass is 316 g/mol. The van der Waals surface area contributed by atoms with Crippen LogP contribution in [0.3, 0.4) is 0 Å². The Morgan fingerprint density at radius 2 is 2.11 bits per heavy atom. The Morgan fingerprint density at radius 3 is 2.74 bits per heavy atom. The molecule has 0 aliphatic rings. The molecule has 2 rings (SSSR count). The Morgan fingerprint density at radius 1 is 1.42 bits per heavy atom. The fourth-order valence-electron chi connectivity index (χ4n) is 1.40. The third kappa shape index (κ3) is 4.38. The van der Waals surface area contributed by atoms with Crippen LogP contribution in [0.5, 0.6) is 0 Å². The van der Waals surface area contributed by atoms with E-state index < -0.39 is 0 Å². The lowest BCUT2D eigenvalue weighted by atomic mass is 10.2. The molecule has 0 saturated carbocycles. The molecule has 2 aromatic rings. The summed E-state index contributed by atoms with van der Waals surface area (Å²) in [5.74, 6) is 0.384. The van der Waals surface area contributed by atoms with Crippen LogP contribution < -0.4 is 11.1 Å². The van der Waals surface area contributed by atoms with Gasteiger partial charge in [-0.05, 0) is 19.1 Å². The van der Waals surface area contributed by atoms with Crippen LogP contribution in [0.15, 0.2) is 34.6 Å². The van der Waals surface area contributed by atoms with Gasteiger partial charge >= 0.3 is 0 Å². The highest BCUT2D eigenvalue weighted by atomic mass is 35.5. The quantitative estimate of drug-likeness (QED) is 0.671. The normalized spacial score (nSPS) is 10.9. The molecule has 0 saturated heterocycles. The number of hydrogen-bond donors (Lipinski definition) is 2. The van der Waals surface area contributed by atoms with Gasteiger partial charge in [-0.25, -0.2) is 4.98 Å². The zero-order valence-corrected chi connectivity index (χ0v) is 12.6. The number of thiazole rings is 1. The number of rotatable bonds is 3. The molecule has 0 spiro atoms. The van der Waals surface area contributed by atoms with Gasteiger partial charge in [0.2, 0.25) is 0 Å². The van der Waals surface area contributed by atoms with Gasteiger partial charge in [0.05, 0.1) is 5.69 Å². The van der Waals surface area contributed by atoms with Crippen molar-refractivity contribution in [2.24, 2.45) is 10.7 Å². The van der Waals surface area contributed by atoms with Gasteiger partial charge < -0.3 is 11.1 Å². The summed E-state index contributed by atoms with van der Waals surface area (Å²) in [6.07, 6.45) is 0. The molecule has 0 fully saturated rings. The van der Waals surface area contributed by atoms with Crippen molar-refractivity contribution >= 4 is 46.4 Å². The molecular weight excluding hydrogens is 303 g/mol. The lowest BCUT2D eigenvalue weighted by Gasteiger charge is -2.00.